The highest BCUT2D eigenvalue weighted by Gasteiger charge is 2.11. The minimum atomic E-state index is -0.376. The predicted octanol–water partition coefficient (Wildman–Crippen LogP) is 4.81. The van der Waals surface area contributed by atoms with Crippen molar-refractivity contribution in [2.24, 2.45) is 0 Å². The SMILES string of the molecule is COc1ccc(-c2c(F)cccc2Cl)cc1Cl. The highest BCUT2D eigenvalue weighted by atomic mass is 35.5. The van der Waals surface area contributed by atoms with Gasteiger partial charge in [-0.25, -0.2) is 4.39 Å². The minimum absolute atomic E-state index is 0.346. The largest absolute Gasteiger partial charge is 0.495 e. The molecule has 0 aliphatic heterocycles. The molecule has 0 spiro atoms. The molecule has 2 aromatic rings. The number of rotatable bonds is 2. The molecule has 0 N–H and O–H groups in total. The van der Waals surface area contributed by atoms with Crippen LogP contribution >= 0.6 is 23.2 Å². The minimum Gasteiger partial charge on any atom is -0.495 e. The summed E-state index contributed by atoms with van der Waals surface area (Å²) in [4.78, 5) is 0. The van der Waals surface area contributed by atoms with E-state index >= 15 is 0 Å². The summed E-state index contributed by atoms with van der Waals surface area (Å²) in [6.45, 7) is 0. The van der Waals surface area contributed by atoms with Crippen molar-refractivity contribution in [3.8, 4) is 16.9 Å². The molecular formula is C13H9Cl2FO. The molecule has 1 nitrogen and oxygen atoms in total. The van der Waals surface area contributed by atoms with Gasteiger partial charge in [0, 0.05) is 5.56 Å². The van der Waals surface area contributed by atoms with Crippen molar-refractivity contribution >= 4 is 23.2 Å². The van der Waals surface area contributed by atoms with E-state index in [1.54, 1.807) is 30.3 Å². The molecule has 0 aliphatic carbocycles. The van der Waals surface area contributed by atoms with Gasteiger partial charge in [0.05, 0.1) is 17.2 Å². The number of hydrogen-bond donors (Lipinski definition) is 0. The molecule has 0 saturated heterocycles. The summed E-state index contributed by atoms with van der Waals surface area (Å²) in [5.41, 5.74) is 0.970. The van der Waals surface area contributed by atoms with Crippen molar-refractivity contribution in [1.29, 1.82) is 0 Å². The number of halogens is 3. The van der Waals surface area contributed by atoms with Crippen LogP contribution in [0.1, 0.15) is 0 Å². The number of benzene rings is 2. The van der Waals surface area contributed by atoms with E-state index < -0.39 is 0 Å². The van der Waals surface area contributed by atoms with Crippen molar-refractivity contribution in [2.75, 3.05) is 7.11 Å². The lowest BCUT2D eigenvalue weighted by molar-refractivity contribution is 0.415. The molecule has 17 heavy (non-hydrogen) atoms. The molecule has 0 atom stereocenters. The van der Waals surface area contributed by atoms with Gasteiger partial charge >= 0.3 is 0 Å². The lowest BCUT2D eigenvalue weighted by Crippen LogP contribution is -1.88. The highest BCUT2D eigenvalue weighted by molar-refractivity contribution is 6.34. The highest BCUT2D eigenvalue weighted by Crippen LogP contribution is 2.35. The van der Waals surface area contributed by atoms with Crippen LogP contribution in [0.25, 0.3) is 11.1 Å². The van der Waals surface area contributed by atoms with E-state index in [1.807, 2.05) is 0 Å². The van der Waals surface area contributed by atoms with Gasteiger partial charge in [-0.15, -0.1) is 0 Å². The van der Waals surface area contributed by atoms with Crippen molar-refractivity contribution in [2.45, 2.75) is 0 Å². The maximum absolute atomic E-state index is 13.7. The Hall–Kier alpha value is -1.25. The summed E-state index contributed by atoms with van der Waals surface area (Å²) in [6.07, 6.45) is 0. The van der Waals surface area contributed by atoms with Crippen molar-refractivity contribution in [3.05, 3.63) is 52.3 Å². The van der Waals surface area contributed by atoms with Crippen LogP contribution in [0.3, 0.4) is 0 Å². The second-order valence-corrected chi connectivity index (χ2v) is 4.26. The smallest absolute Gasteiger partial charge is 0.137 e. The number of hydrogen-bond acceptors (Lipinski definition) is 1. The fourth-order valence-electron chi connectivity index (χ4n) is 1.60. The molecule has 0 bridgehead atoms. The molecule has 0 amide bonds. The topological polar surface area (TPSA) is 9.23 Å². The van der Waals surface area contributed by atoms with Gasteiger partial charge in [-0.1, -0.05) is 35.3 Å². The Balaban J connectivity index is 2.57. The molecule has 0 aromatic heterocycles. The average Bonchev–Trinajstić information content (AvgIpc) is 2.29. The molecular weight excluding hydrogens is 262 g/mol. The van der Waals surface area contributed by atoms with E-state index in [4.69, 9.17) is 27.9 Å². The molecule has 4 heteroatoms. The van der Waals surface area contributed by atoms with E-state index in [-0.39, 0.29) is 5.82 Å². The molecule has 2 aromatic carbocycles. The van der Waals surface area contributed by atoms with Gasteiger partial charge in [-0.2, -0.15) is 0 Å². The Morgan fingerprint density at radius 1 is 1.06 bits per heavy atom. The Bertz CT molecular complexity index is 535. The van der Waals surface area contributed by atoms with Crippen LogP contribution in [0, 0.1) is 5.82 Å². The maximum atomic E-state index is 13.7. The van der Waals surface area contributed by atoms with Crippen molar-refractivity contribution in [3.63, 3.8) is 0 Å². The van der Waals surface area contributed by atoms with Crippen LogP contribution in [0.2, 0.25) is 10.0 Å². The van der Waals surface area contributed by atoms with Crippen LogP contribution in [-0.4, -0.2) is 7.11 Å². The summed E-state index contributed by atoms with van der Waals surface area (Å²) in [5.74, 6) is 0.168. The van der Waals surface area contributed by atoms with Gasteiger partial charge in [0.2, 0.25) is 0 Å². The quantitative estimate of drug-likeness (QED) is 0.761. The van der Waals surface area contributed by atoms with Gasteiger partial charge in [0.15, 0.2) is 0 Å². The molecule has 0 fully saturated rings. The lowest BCUT2D eigenvalue weighted by Gasteiger charge is -2.08. The molecule has 0 heterocycles. The monoisotopic (exact) mass is 270 g/mol. The first-order valence-electron chi connectivity index (χ1n) is 4.91. The van der Waals surface area contributed by atoms with Gasteiger partial charge in [-0.05, 0) is 29.8 Å². The Kier molecular flexibility index (Phi) is 3.55. The Labute approximate surface area is 109 Å². The second kappa shape index (κ2) is 4.94. The Morgan fingerprint density at radius 2 is 1.82 bits per heavy atom. The summed E-state index contributed by atoms with van der Waals surface area (Å²) in [7, 11) is 1.52. The third kappa shape index (κ3) is 2.38. The number of methoxy groups -OCH3 is 1. The summed E-state index contributed by atoms with van der Waals surface area (Å²) >= 11 is 12.0. The standard InChI is InChI=1S/C13H9Cl2FO/c1-17-12-6-5-8(7-10(12)15)13-9(14)3-2-4-11(13)16/h2-7H,1H3. The van der Waals surface area contributed by atoms with E-state index in [1.165, 1.54) is 13.2 Å². The van der Waals surface area contributed by atoms with Crippen LogP contribution in [0.15, 0.2) is 36.4 Å². The maximum Gasteiger partial charge on any atom is 0.137 e. The van der Waals surface area contributed by atoms with Crippen molar-refractivity contribution in [1.82, 2.24) is 0 Å². The van der Waals surface area contributed by atoms with E-state index in [0.29, 0.717) is 26.9 Å². The molecule has 0 aliphatic rings. The van der Waals surface area contributed by atoms with Gasteiger partial charge in [-0.3, -0.25) is 0 Å². The first kappa shape index (κ1) is 12.2. The summed E-state index contributed by atoms with van der Waals surface area (Å²) in [6, 6.07) is 9.59. The fraction of sp³-hybridized carbons (Fsp3) is 0.0769. The normalized spacial score (nSPS) is 10.4. The molecule has 2 rings (SSSR count). The zero-order valence-electron chi connectivity index (χ0n) is 9.01. The van der Waals surface area contributed by atoms with Gasteiger partial charge in [0.1, 0.15) is 11.6 Å². The van der Waals surface area contributed by atoms with Crippen LogP contribution in [-0.2, 0) is 0 Å². The third-order valence-corrected chi connectivity index (χ3v) is 3.01. The summed E-state index contributed by atoms with van der Waals surface area (Å²) in [5, 5.41) is 0.774. The van der Waals surface area contributed by atoms with E-state index in [2.05, 4.69) is 0 Å². The number of ether oxygens (including phenoxy) is 1. The molecule has 0 unspecified atom stereocenters. The van der Waals surface area contributed by atoms with E-state index in [0.717, 1.165) is 0 Å². The van der Waals surface area contributed by atoms with Crippen molar-refractivity contribution < 1.29 is 9.13 Å². The zero-order valence-corrected chi connectivity index (χ0v) is 10.5. The van der Waals surface area contributed by atoms with Gasteiger partial charge < -0.3 is 4.74 Å². The van der Waals surface area contributed by atoms with Crippen LogP contribution < -0.4 is 4.74 Å². The first-order chi connectivity index (χ1) is 8.13. The fourth-order valence-corrected chi connectivity index (χ4v) is 2.13. The average molecular weight is 271 g/mol. The molecule has 88 valence electrons. The summed E-state index contributed by atoms with van der Waals surface area (Å²) < 4.78 is 18.7. The third-order valence-electron chi connectivity index (χ3n) is 2.40. The van der Waals surface area contributed by atoms with Crippen LogP contribution in [0.4, 0.5) is 4.39 Å². The first-order valence-corrected chi connectivity index (χ1v) is 5.67. The van der Waals surface area contributed by atoms with Gasteiger partial charge in [0.25, 0.3) is 0 Å². The van der Waals surface area contributed by atoms with Crippen LogP contribution in [0.5, 0.6) is 5.75 Å². The Morgan fingerprint density at radius 3 is 2.41 bits per heavy atom. The second-order valence-electron chi connectivity index (χ2n) is 3.45. The predicted molar refractivity (Wildman–Crippen MR) is 68.4 cm³/mol. The van der Waals surface area contributed by atoms with E-state index in [9.17, 15) is 4.39 Å². The zero-order chi connectivity index (χ0) is 12.4. The molecule has 0 saturated carbocycles. The molecule has 0 radical (unpaired) electrons. The lowest BCUT2D eigenvalue weighted by atomic mass is 10.0.